The van der Waals surface area contributed by atoms with Crippen molar-refractivity contribution in [2.75, 3.05) is 14.2 Å². The van der Waals surface area contributed by atoms with Crippen LogP contribution in [0.4, 0.5) is 8.78 Å². The predicted octanol–water partition coefficient (Wildman–Crippen LogP) is 3.89. The number of rotatable bonds is 5. The summed E-state index contributed by atoms with van der Waals surface area (Å²) in [5.74, 6) is 1.50. The highest BCUT2D eigenvalue weighted by atomic mass is 19.3. The third kappa shape index (κ3) is 3.05. The van der Waals surface area contributed by atoms with E-state index in [2.05, 4.69) is 9.97 Å². The number of hydrogen-bond donors (Lipinski definition) is 0. The number of aromatic nitrogens is 3. The monoisotopic (exact) mass is 331 g/mol. The van der Waals surface area contributed by atoms with Crippen molar-refractivity contribution in [3.8, 4) is 28.7 Å². The van der Waals surface area contributed by atoms with E-state index in [1.807, 2.05) is 0 Å². The summed E-state index contributed by atoms with van der Waals surface area (Å²) in [4.78, 5) is 8.16. The zero-order valence-corrected chi connectivity index (χ0v) is 13.1. The molecule has 3 rings (SSSR count). The maximum Gasteiger partial charge on any atom is 0.281 e. The second-order valence-corrected chi connectivity index (χ2v) is 4.95. The van der Waals surface area contributed by atoms with Gasteiger partial charge in [-0.25, -0.2) is 18.7 Å². The Morgan fingerprint density at radius 3 is 2.29 bits per heavy atom. The summed E-state index contributed by atoms with van der Waals surface area (Å²) in [6, 6.07) is 10.4. The molecule has 0 N–H and O–H groups in total. The Labute approximate surface area is 137 Å². The van der Waals surface area contributed by atoms with Gasteiger partial charge in [0.15, 0.2) is 0 Å². The molecule has 0 aliphatic carbocycles. The summed E-state index contributed by atoms with van der Waals surface area (Å²) in [6.45, 7) is 0. The van der Waals surface area contributed by atoms with Gasteiger partial charge < -0.3 is 9.47 Å². The van der Waals surface area contributed by atoms with Crippen LogP contribution >= 0.6 is 0 Å². The van der Waals surface area contributed by atoms with E-state index in [1.165, 1.54) is 19.5 Å². The molecular formula is C17H15F2N3O2. The van der Waals surface area contributed by atoms with Gasteiger partial charge in [0.2, 0.25) is 5.88 Å². The molecule has 2 aromatic heterocycles. The number of benzene rings is 1. The summed E-state index contributed by atoms with van der Waals surface area (Å²) in [5.41, 5.74) is 1.01. The first-order valence-corrected chi connectivity index (χ1v) is 7.14. The minimum Gasteiger partial charge on any atom is -0.497 e. The van der Waals surface area contributed by atoms with Gasteiger partial charge in [0.1, 0.15) is 17.3 Å². The molecule has 24 heavy (non-hydrogen) atoms. The van der Waals surface area contributed by atoms with Crippen molar-refractivity contribution in [3.63, 3.8) is 0 Å². The van der Waals surface area contributed by atoms with Crippen LogP contribution in [0, 0.1) is 0 Å². The summed E-state index contributed by atoms with van der Waals surface area (Å²) >= 11 is 0. The van der Waals surface area contributed by atoms with Crippen LogP contribution in [0.25, 0.3) is 17.1 Å². The fraction of sp³-hybridized carbons (Fsp3) is 0.176. The smallest absolute Gasteiger partial charge is 0.281 e. The average Bonchev–Trinajstić information content (AvgIpc) is 3.07. The van der Waals surface area contributed by atoms with Crippen molar-refractivity contribution in [3.05, 3.63) is 54.5 Å². The van der Waals surface area contributed by atoms with Crippen molar-refractivity contribution < 1.29 is 18.3 Å². The number of methoxy groups -OCH3 is 2. The molecule has 0 aliphatic rings. The number of ether oxygens (including phenoxy) is 2. The Balaban J connectivity index is 2.09. The molecule has 0 spiro atoms. The van der Waals surface area contributed by atoms with E-state index in [0.29, 0.717) is 28.7 Å². The average molecular weight is 331 g/mol. The molecule has 0 radical (unpaired) electrons. The van der Waals surface area contributed by atoms with Crippen LogP contribution in [-0.4, -0.2) is 28.8 Å². The minimum absolute atomic E-state index is 0.295. The van der Waals surface area contributed by atoms with E-state index in [4.69, 9.17) is 9.47 Å². The molecule has 0 saturated heterocycles. The van der Waals surface area contributed by atoms with E-state index in [9.17, 15) is 8.78 Å². The molecule has 0 fully saturated rings. The Morgan fingerprint density at radius 1 is 1.00 bits per heavy atom. The third-order valence-corrected chi connectivity index (χ3v) is 3.50. The SMILES string of the molecule is COc1ccc(-n2cc(C(F)F)nc2-c2ccc(OC)nc2)cc1. The first-order chi connectivity index (χ1) is 11.6. The number of nitrogens with zero attached hydrogens (tertiary/aromatic N) is 3. The van der Waals surface area contributed by atoms with Gasteiger partial charge in [-0.1, -0.05) is 0 Å². The van der Waals surface area contributed by atoms with E-state index < -0.39 is 6.43 Å². The summed E-state index contributed by atoms with van der Waals surface area (Å²) in [6.07, 6.45) is 0.206. The molecule has 0 atom stereocenters. The Bertz CT molecular complexity index is 750. The normalized spacial score (nSPS) is 10.9. The molecule has 0 bridgehead atoms. The number of halogens is 2. The van der Waals surface area contributed by atoms with Gasteiger partial charge in [0, 0.05) is 29.7 Å². The second kappa shape index (κ2) is 6.66. The number of hydrogen-bond acceptors (Lipinski definition) is 4. The lowest BCUT2D eigenvalue weighted by Gasteiger charge is -2.09. The second-order valence-electron chi connectivity index (χ2n) is 4.95. The molecule has 0 amide bonds. The lowest BCUT2D eigenvalue weighted by atomic mass is 10.2. The maximum absolute atomic E-state index is 13.1. The van der Waals surface area contributed by atoms with Crippen molar-refractivity contribution in [1.29, 1.82) is 0 Å². The van der Waals surface area contributed by atoms with Gasteiger partial charge >= 0.3 is 0 Å². The van der Waals surface area contributed by atoms with Crippen molar-refractivity contribution in [1.82, 2.24) is 14.5 Å². The van der Waals surface area contributed by atoms with Crippen LogP contribution in [0.5, 0.6) is 11.6 Å². The van der Waals surface area contributed by atoms with Crippen LogP contribution in [-0.2, 0) is 0 Å². The Hall–Kier alpha value is -2.96. The molecule has 7 heteroatoms. The lowest BCUT2D eigenvalue weighted by Crippen LogP contribution is -1.97. The molecule has 5 nitrogen and oxygen atoms in total. The molecule has 124 valence electrons. The van der Waals surface area contributed by atoms with Crippen LogP contribution in [0.15, 0.2) is 48.8 Å². The molecule has 0 aliphatic heterocycles. The zero-order chi connectivity index (χ0) is 17.1. The topological polar surface area (TPSA) is 49.2 Å². The van der Waals surface area contributed by atoms with Crippen LogP contribution in [0.3, 0.4) is 0 Å². The quantitative estimate of drug-likeness (QED) is 0.712. The number of pyridine rings is 1. The van der Waals surface area contributed by atoms with Gasteiger partial charge in [-0.2, -0.15) is 0 Å². The van der Waals surface area contributed by atoms with E-state index in [-0.39, 0.29) is 5.69 Å². The molecular weight excluding hydrogens is 316 g/mol. The third-order valence-electron chi connectivity index (χ3n) is 3.50. The largest absolute Gasteiger partial charge is 0.497 e. The molecule has 1 aromatic carbocycles. The number of imidazole rings is 1. The summed E-state index contributed by atoms with van der Waals surface area (Å²) in [5, 5.41) is 0. The fourth-order valence-corrected chi connectivity index (χ4v) is 2.28. The lowest BCUT2D eigenvalue weighted by molar-refractivity contribution is 0.146. The fourth-order valence-electron chi connectivity index (χ4n) is 2.28. The Kier molecular flexibility index (Phi) is 4.41. The number of alkyl halides is 2. The first-order valence-electron chi connectivity index (χ1n) is 7.14. The highest BCUT2D eigenvalue weighted by Crippen LogP contribution is 2.28. The van der Waals surface area contributed by atoms with E-state index in [0.717, 1.165) is 0 Å². The minimum atomic E-state index is -2.66. The van der Waals surface area contributed by atoms with Gasteiger partial charge in [0.05, 0.1) is 14.2 Å². The highest BCUT2D eigenvalue weighted by molar-refractivity contribution is 5.59. The molecule has 0 saturated carbocycles. The van der Waals surface area contributed by atoms with Gasteiger partial charge in [0.25, 0.3) is 6.43 Å². The molecule has 2 heterocycles. The van der Waals surface area contributed by atoms with Crippen LogP contribution in [0.1, 0.15) is 12.1 Å². The van der Waals surface area contributed by atoms with Crippen molar-refractivity contribution >= 4 is 0 Å². The molecule has 3 aromatic rings. The van der Waals surface area contributed by atoms with E-state index >= 15 is 0 Å². The predicted molar refractivity (Wildman–Crippen MR) is 84.9 cm³/mol. The highest BCUT2D eigenvalue weighted by Gasteiger charge is 2.18. The zero-order valence-electron chi connectivity index (χ0n) is 13.1. The van der Waals surface area contributed by atoms with Gasteiger partial charge in [-0.05, 0) is 30.3 Å². The van der Waals surface area contributed by atoms with Gasteiger partial charge in [-0.15, -0.1) is 0 Å². The van der Waals surface area contributed by atoms with Crippen LogP contribution in [0.2, 0.25) is 0 Å². The van der Waals surface area contributed by atoms with Crippen LogP contribution < -0.4 is 9.47 Å². The summed E-state index contributed by atoms with van der Waals surface area (Å²) < 4.78 is 37.9. The maximum atomic E-state index is 13.1. The standard InChI is InChI=1S/C17H15F2N3O2/c1-23-13-6-4-12(5-7-13)22-10-14(16(18)19)21-17(22)11-3-8-15(24-2)20-9-11/h3-10,16H,1-2H3. The summed E-state index contributed by atoms with van der Waals surface area (Å²) in [7, 11) is 3.07. The van der Waals surface area contributed by atoms with Crippen molar-refractivity contribution in [2.45, 2.75) is 6.43 Å². The first kappa shape index (κ1) is 15.9. The van der Waals surface area contributed by atoms with E-state index in [1.54, 1.807) is 48.1 Å². The van der Waals surface area contributed by atoms with Crippen molar-refractivity contribution in [2.24, 2.45) is 0 Å². The molecule has 0 unspecified atom stereocenters. The van der Waals surface area contributed by atoms with Gasteiger partial charge in [-0.3, -0.25) is 4.57 Å². The Morgan fingerprint density at radius 2 is 1.75 bits per heavy atom.